The summed E-state index contributed by atoms with van der Waals surface area (Å²) in [6, 6.07) is 14.6. The van der Waals surface area contributed by atoms with Crippen LogP contribution >= 0.6 is 0 Å². The van der Waals surface area contributed by atoms with Crippen LogP contribution in [0.2, 0.25) is 0 Å². The standard InChI is InChI=1S/C31H39N5O4/c1-34-15-17-35(18-16-34)28-11-12-29(40-3)26-13-14-36(21-27(26)28)30(37)19-22-7-9-23(10-8-22)32-31(38)33-24-5-4-6-25(20-24)39-2/h4-10,20-21,28H,11-19H2,1-3H3,(H2,32,33,38). The molecule has 0 spiro atoms. The lowest BCUT2D eigenvalue weighted by molar-refractivity contribution is -0.128. The first-order valence-corrected chi connectivity index (χ1v) is 13.9. The molecular formula is C31H39N5O4. The maximum atomic E-state index is 13.4. The number of piperazine rings is 1. The predicted octanol–water partition coefficient (Wildman–Crippen LogP) is 4.31. The Kier molecular flexibility index (Phi) is 8.72. The lowest BCUT2D eigenvalue weighted by Crippen LogP contribution is -2.51. The smallest absolute Gasteiger partial charge is 0.323 e. The molecule has 2 aromatic rings. The summed E-state index contributed by atoms with van der Waals surface area (Å²) in [5.74, 6) is 1.81. The number of rotatable bonds is 7. The molecule has 0 radical (unpaired) electrons. The Morgan fingerprint density at radius 1 is 0.900 bits per heavy atom. The second-order valence-electron chi connectivity index (χ2n) is 10.6. The van der Waals surface area contributed by atoms with Crippen molar-refractivity contribution in [3.8, 4) is 5.75 Å². The Hall–Kier alpha value is -3.82. The number of fused-ring (bicyclic) bond motifs is 1. The summed E-state index contributed by atoms with van der Waals surface area (Å²) >= 11 is 0. The van der Waals surface area contributed by atoms with Gasteiger partial charge in [0.25, 0.3) is 0 Å². The van der Waals surface area contributed by atoms with Crippen molar-refractivity contribution in [1.82, 2.24) is 14.7 Å². The third kappa shape index (κ3) is 6.48. The van der Waals surface area contributed by atoms with Crippen molar-refractivity contribution in [2.45, 2.75) is 31.7 Å². The normalized spacial score (nSPS) is 19.9. The van der Waals surface area contributed by atoms with Gasteiger partial charge >= 0.3 is 6.03 Å². The molecule has 212 valence electrons. The molecular weight excluding hydrogens is 506 g/mol. The molecule has 3 amide bonds. The SMILES string of the molecule is COC1=C2CCN(C(=O)Cc3ccc(NC(=O)Nc4cccc(OC)c4)cc3)C=C2C(N2CCN(C)CC2)CC1. The molecule has 3 aliphatic rings. The number of anilines is 2. The van der Waals surface area contributed by atoms with Gasteiger partial charge in [-0.2, -0.15) is 0 Å². The van der Waals surface area contributed by atoms with E-state index in [9.17, 15) is 9.59 Å². The molecule has 0 bridgehead atoms. The van der Waals surface area contributed by atoms with Crippen molar-refractivity contribution in [2.75, 3.05) is 64.6 Å². The van der Waals surface area contributed by atoms with E-state index in [0.717, 1.165) is 56.8 Å². The molecule has 2 heterocycles. The van der Waals surface area contributed by atoms with Crippen LogP contribution in [0.1, 0.15) is 24.8 Å². The van der Waals surface area contributed by atoms with Gasteiger partial charge in [-0.1, -0.05) is 18.2 Å². The Labute approximate surface area is 236 Å². The molecule has 2 aromatic carbocycles. The first-order valence-electron chi connectivity index (χ1n) is 13.9. The number of hydrogen-bond donors (Lipinski definition) is 2. The highest BCUT2D eigenvalue weighted by Gasteiger charge is 2.35. The maximum absolute atomic E-state index is 13.4. The first-order chi connectivity index (χ1) is 19.4. The zero-order chi connectivity index (χ0) is 28.1. The minimum absolute atomic E-state index is 0.0738. The third-order valence-electron chi connectivity index (χ3n) is 8.03. The number of urea groups is 1. The van der Waals surface area contributed by atoms with Crippen molar-refractivity contribution >= 4 is 23.3 Å². The van der Waals surface area contributed by atoms with E-state index < -0.39 is 0 Å². The molecule has 1 unspecified atom stereocenters. The van der Waals surface area contributed by atoms with Crippen molar-refractivity contribution < 1.29 is 19.1 Å². The molecule has 2 N–H and O–H groups in total. The van der Waals surface area contributed by atoms with Crippen LogP contribution in [0.15, 0.2) is 71.6 Å². The zero-order valence-electron chi connectivity index (χ0n) is 23.6. The number of carbonyl (C=O) groups excluding carboxylic acids is 2. The fourth-order valence-electron chi connectivity index (χ4n) is 5.76. The largest absolute Gasteiger partial charge is 0.501 e. The van der Waals surface area contributed by atoms with Gasteiger partial charge in [0.15, 0.2) is 0 Å². The number of likely N-dealkylation sites (N-methyl/N-ethyl adjacent to an activating group) is 1. The molecule has 1 atom stereocenters. The van der Waals surface area contributed by atoms with E-state index in [4.69, 9.17) is 9.47 Å². The van der Waals surface area contributed by atoms with Crippen molar-refractivity contribution in [3.63, 3.8) is 0 Å². The molecule has 9 nitrogen and oxygen atoms in total. The maximum Gasteiger partial charge on any atom is 0.323 e. The summed E-state index contributed by atoms with van der Waals surface area (Å²) in [4.78, 5) is 32.6. The van der Waals surface area contributed by atoms with Crippen LogP contribution in [0.25, 0.3) is 0 Å². The van der Waals surface area contributed by atoms with Crippen molar-refractivity contribution in [2.24, 2.45) is 0 Å². The van der Waals surface area contributed by atoms with Gasteiger partial charge in [0, 0.05) is 68.8 Å². The number of carbonyl (C=O) groups is 2. The van der Waals surface area contributed by atoms with E-state index in [0.29, 0.717) is 36.1 Å². The average molecular weight is 546 g/mol. The number of ether oxygens (including phenoxy) is 2. The number of nitrogens with one attached hydrogen (secondary N) is 2. The number of amides is 3. The minimum atomic E-state index is -0.348. The van der Waals surface area contributed by atoms with E-state index >= 15 is 0 Å². The van der Waals surface area contributed by atoms with E-state index in [-0.39, 0.29) is 11.9 Å². The van der Waals surface area contributed by atoms with Crippen LogP contribution in [0.5, 0.6) is 5.75 Å². The quantitative estimate of drug-likeness (QED) is 0.540. The van der Waals surface area contributed by atoms with Crippen LogP contribution in [0, 0.1) is 0 Å². The summed E-state index contributed by atoms with van der Waals surface area (Å²) in [6.45, 7) is 4.87. The average Bonchev–Trinajstić information content (AvgIpc) is 2.98. The van der Waals surface area contributed by atoms with Crippen LogP contribution in [-0.2, 0) is 16.0 Å². The fourth-order valence-corrected chi connectivity index (χ4v) is 5.76. The first kappa shape index (κ1) is 27.7. The predicted molar refractivity (Wildman–Crippen MR) is 156 cm³/mol. The molecule has 1 aliphatic carbocycles. The second-order valence-corrected chi connectivity index (χ2v) is 10.6. The highest BCUT2D eigenvalue weighted by Crippen LogP contribution is 2.38. The van der Waals surface area contributed by atoms with Crippen LogP contribution in [-0.4, -0.2) is 86.7 Å². The molecule has 1 fully saturated rings. The van der Waals surface area contributed by atoms with Gasteiger partial charge in [0.1, 0.15) is 5.75 Å². The van der Waals surface area contributed by atoms with Gasteiger partial charge in [0.05, 0.1) is 26.4 Å². The van der Waals surface area contributed by atoms with Gasteiger partial charge in [-0.25, -0.2) is 4.79 Å². The fraction of sp³-hybridized carbons (Fsp3) is 0.419. The van der Waals surface area contributed by atoms with Crippen molar-refractivity contribution in [1.29, 1.82) is 0 Å². The van der Waals surface area contributed by atoms with Gasteiger partial charge < -0.3 is 29.9 Å². The molecule has 5 rings (SSSR count). The highest BCUT2D eigenvalue weighted by molar-refractivity contribution is 5.99. The van der Waals surface area contributed by atoms with Crippen LogP contribution in [0.4, 0.5) is 16.2 Å². The Bertz CT molecular complexity index is 1280. The molecule has 9 heteroatoms. The lowest BCUT2D eigenvalue weighted by atomic mass is 9.83. The molecule has 2 aliphatic heterocycles. The molecule has 0 aromatic heterocycles. The van der Waals surface area contributed by atoms with Gasteiger partial charge in [-0.05, 0) is 60.9 Å². The summed E-state index contributed by atoms with van der Waals surface area (Å²) in [6.07, 6.45) is 5.17. The number of allylic oxidation sites excluding steroid dienone is 1. The Balaban J connectivity index is 1.22. The third-order valence-corrected chi connectivity index (χ3v) is 8.03. The highest BCUT2D eigenvalue weighted by atomic mass is 16.5. The second kappa shape index (κ2) is 12.6. The number of methoxy groups -OCH3 is 2. The zero-order valence-corrected chi connectivity index (χ0v) is 23.6. The number of nitrogens with zero attached hydrogens (tertiary/aromatic N) is 3. The van der Waals surface area contributed by atoms with Gasteiger partial charge in [-0.3, -0.25) is 9.69 Å². The van der Waals surface area contributed by atoms with E-state index in [1.807, 2.05) is 41.3 Å². The number of benzene rings is 2. The summed E-state index contributed by atoms with van der Waals surface area (Å²) < 4.78 is 11.0. The molecule has 0 saturated carbocycles. The van der Waals surface area contributed by atoms with Gasteiger partial charge in [-0.15, -0.1) is 0 Å². The van der Waals surface area contributed by atoms with Gasteiger partial charge in [0.2, 0.25) is 5.91 Å². The number of hydrogen-bond acceptors (Lipinski definition) is 6. The lowest BCUT2D eigenvalue weighted by Gasteiger charge is -2.43. The Morgan fingerprint density at radius 3 is 2.38 bits per heavy atom. The summed E-state index contributed by atoms with van der Waals surface area (Å²) in [7, 11) is 5.52. The molecule has 40 heavy (non-hydrogen) atoms. The Morgan fingerprint density at radius 2 is 1.65 bits per heavy atom. The summed E-state index contributed by atoms with van der Waals surface area (Å²) in [5.41, 5.74) is 4.72. The van der Waals surface area contributed by atoms with Crippen LogP contribution < -0.4 is 15.4 Å². The summed E-state index contributed by atoms with van der Waals surface area (Å²) in [5, 5.41) is 5.63. The van der Waals surface area contributed by atoms with Crippen molar-refractivity contribution in [3.05, 3.63) is 77.2 Å². The monoisotopic (exact) mass is 545 g/mol. The van der Waals surface area contributed by atoms with E-state index in [1.165, 1.54) is 11.1 Å². The van der Waals surface area contributed by atoms with Crippen LogP contribution in [0.3, 0.4) is 0 Å². The van der Waals surface area contributed by atoms with E-state index in [2.05, 4.69) is 33.7 Å². The van der Waals surface area contributed by atoms with E-state index in [1.54, 1.807) is 26.4 Å². The molecule has 1 saturated heterocycles. The topological polar surface area (TPSA) is 86.4 Å². The minimum Gasteiger partial charge on any atom is -0.501 e.